The number of aromatic amines is 1. The SMILES string of the molecule is CCCNCc1cc(-c2ccc3nc(CF)[nH]c3c2)ccc1C. The number of aryl methyl sites for hydroxylation is 1. The Balaban J connectivity index is 1.92. The van der Waals surface area contributed by atoms with E-state index in [1.165, 1.54) is 16.7 Å². The van der Waals surface area contributed by atoms with Crippen LogP contribution in [0.5, 0.6) is 0 Å². The number of nitrogens with zero attached hydrogens (tertiary/aromatic N) is 1. The summed E-state index contributed by atoms with van der Waals surface area (Å²) in [6.45, 7) is 5.64. The third kappa shape index (κ3) is 3.42. The van der Waals surface area contributed by atoms with E-state index in [4.69, 9.17) is 0 Å². The first-order chi connectivity index (χ1) is 11.2. The van der Waals surface area contributed by atoms with Crippen molar-refractivity contribution in [2.75, 3.05) is 6.54 Å². The second kappa shape index (κ2) is 6.92. The Hall–Kier alpha value is -2.20. The lowest BCUT2D eigenvalue weighted by atomic mass is 9.99. The molecule has 0 atom stereocenters. The monoisotopic (exact) mass is 311 g/mol. The minimum absolute atomic E-state index is 0.380. The van der Waals surface area contributed by atoms with Crippen LogP contribution in [0, 0.1) is 6.92 Å². The Bertz CT molecular complexity index is 807. The maximum atomic E-state index is 12.7. The molecule has 1 aromatic heterocycles. The smallest absolute Gasteiger partial charge is 0.147 e. The van der Waals surface area contributed by atoms with Crippen LogP contribution < -0.4 is 5.32 Å². The van der Waals surface area contributed by atoms with Crippen molar-refractivity contribution in [3.05, 3.63) is 53.3 Å². The first kappa shape index (κ1) is 15.7. The van der Waals surface area contributed by atoms with E-state index in [0.29, 0.717) is 5.82 Å². The number of benzene rings is 2. The highest BCUT2D eigenvalue weighted by Gasteiger charge is 2.06. The number of H-pyrrole nitrogens is 1. The molecule has 0 fully saturated rings. The lowest BCUT2D eigenvalue weighted by Gasteiger charge is -2.10. The summed E-state index contributed by atoms with van der Waals surface area (Å²) < 4.78 is 12.7. The van der Waals surface area contributed by atoms with Crippen LogP contribution >= 0.6 is 0 Å². The maximum Gasteiger partial charge on any atom is 0.147 e. The van der Waals surface area contributed by atoms with Crippen LogP contribution in [0.3, 0.4) is 0 Å². The topological polar surface area (TPSA) is 40.7 Å². The van der Waals surface area contributed by atoms with E-state index >= 15 is 0 Å². The molecular formula is C19H22FN3. The Kier molecular flexibility index (Phi) is 4.72. The molecule has 0 bridgehead atoms. The minimum atomic E-state index is -0.568. The maximum absolute atomic E-state index is 12.7. The van der Waals surface area contributed by atoms with Gasteiger partial charge in [-0.2, -0.15) is 0 Å². The second-order valence-corrected chi connectivity index (χ2v) is 5.87. The van der Waals surface area contributed by atoms with Crippen molar-refractivity contribution in [2.45, 2.75) is 33.5 Å². The van der Waals surface area contributed by atoms with Gasteiger partial charge in [0, 0.05) is 6.54 Å². The van der Waals surface area contributed by atoms with E-state index in [0.717, 1.165) is 36.1 Å². The van der Waals surface area contributed by atoms with Gasteiger partial charge in [0.2, 0.25) is 0 Å². The molecule has 0 unspecified atom stereocenters. The van der Waals surface area contributed by atoms with Crippen molar-refractivity contribution in [3.63, 3.8) is 0 Å². The van der Waals surface area contributed by atoms with Crippen LogP contribution in [0.25, 0.3) is 22.2 Å². The quantitative estimate of drug-likeness (QED) is 0.658. The van der Waals surface area contributed by atoms with Gasteiger partial charge in [0.25, 0.3) is 0 Å². The Morgan fingerprint density at radius 1 is 1.13 bits per heavy atom. The largest absolute Gasteiger partial charge is 0.340 e. The molecule has 4 heteroatoms. The first-order valence-corrected chi connectivity index (χ1v) is 8.06. The van der Waals surface area contributed by atoms with E-state index in [2.05, 4.69) is 47.3 Å². The van der Waals surface area contributed by atoms with Crippen LogP contribution in [0.15, 0.2) is 36.4 Å². The summed E-state index contributed by atoms with van der Waals surface area (Å²) in [7, 11) is 0. The Labute approximate surface area is 136 Å². The van der Waals surface area contributed by atoms with Gasteiger partial charge in [-0.25, -0.2) is 9.37 Å². The minimum Gasteiger partial charge on any atom is -0.340 e. The molecule has 2 N–H and O–H groups in total. The molecule has 23 heavy (non-hydrogen) atoms. The number of halogens is 1. The molecule has 0 saturated carbocycles. The predicted octanol–water partition coefficient (Wildman–Crippen LogP) is 4.51. The van der Waals surface area contributed by atoms with Gasteiger partial charge in [-0.3, -0.25) is 0 Å². The van der Waals surface area contributed by atoms with Gasteiger partial charge in [-0.15, -0.1) is 0 Å². The molecule has 3 rings (SSSR count). The standard InChI is InChI=1S/C19H22FN3/c1-3-8-21-12-16-9-14(5-4-13(16)2)15-6-7-17-18(10-15)23-19(11-20)22-17/h4-7,9-10,21H,3,8,11-12H2,1-2H3,(H,22,23). The van der Waals surface area contributed by atoms with Gasteiger partial charge in [0.1, 0.15) is 12.5 Å². The van der Waals surface area contributed by atoms with Crippen molar-refractivity contribution in [2.24, 2.45) is 0 Å². The Morgan fingerprint density at radius 3 is 2.70 bits per heavy atom. The molecule has 0 spiro atoms. The van der Waals surface area contributed by atoms with Crippen LogP contribution in [-0.4, -0.2) is 16.5 Å². The summed E-state index contributed by atoms with van der Waals surface area (Å²) in [4.78, 5) is 7.23. The summed E-state index contributed by atoms with van der Waals surface area (Å²) in [5, 5.41) is 3.45. The number of rotatable bonds is 6. The van der Waals surface area contributed by atoms with E-state index in [9.17, 15) is 4.39 Å². The lowest BCUT2D eigenvalue weighted by molar-refractivity contribution is 0.469. The van der Waals surface area contributed by atoms with Gasteiger partial charge in [-0.1, -0.05) is 25.1 Å². The van der Waals surface area contributed by atoms with Crippen molar-refractivity contribution >= 4 is 11.0 Å². The highest BCUT2D eigenvalue weighted by molar-refractivity contribution is 5.82. The fourth-order valence-corrected chi connectivity index (χ4v) is 2.75. The molecule has 2 aromatic carbocycles. The molecule has 120 valence electrons. The molecule has 3 nitrogen and oxygen atoms in total. The van der Waals surface area contributed by atoms with Crippen LogP contribution in [0.4, 0.5) is 4.39 Å². The van der Waals surface area contributed by atoms with Gasteiger partial charge in [0.15, 0.2) is 0 Å². The third-order valence-corrected chi connectivity index (χ3v) is 4.08. The molecule has 0 aliphatic rings. The number of imidazole rings is 1. The van der Waals surface area contributed by atoms with E-state index in [-0.39, 0.29) is 0 Å². The summed E-state index contributed by atoms with van der Waals surface area (Å²) in [5.74, 6) is 0.380. The highest BCUT2D eigenvalue weighted by Crippen LogP contribution is 2.25. The van der Waals surface area contributed by atoms with Crippen molar-refractivity contribution < 1.29 is 4.39 Å². The fraction of sp³-hybridized carbons (Fsp3) is 0.316. The number of hydrogen-bond donors (Lipinski definition) is 2. The lowest BCUT2D eigenvalue weighted by Crippen LogP contribution is -2.14. The van der Waals surface area contributed by atoms with Crippen LogP contribution in [0.2, 0.25) is 0 Å². The summed E-state index contributed by atoms with van der Waals surface area (Å²) >= 11 is 0. The Morgan fingerprint density at radius 2 is 1.91 bits per heavy atom. The van der Waals surface area contributed by atoms with Crippen LogP contribution in [0.1, 0.15) is 30.3 Å². The first-order valence-electron chi connectivity index (χ1n) is 8.06. The number of nitrogens with one attached hydrogen (secondary N) is 2. The zero-order valence-corrected chi connectivity index (χ0v) is 13.6. The number of fused-ring (bicyclic) bond motifs is 1. The fourth-order valence-electron chi connectivity index (χ4n) is 2.75. The van der Waals surface area contributed by atoms with E-state index < -0.39 is 6.67 Å². The third-order valence-electron chi connectivity index (χ3n) is 4.08. The van der Waals surface area contributed by atoms with Gasteiger partial charge >= 0.3 is 0 Å². The number of alkyl halides is 1. The normalized spacial score (nSPS) is 11.3. The van der Waals surface area contributed by atoms with Crippen molar-refractivity contribution in [1.29, 1.82) is 0 Å². The average molecular weight is 311 g/mol. The summed E-state index contributed by atoms with van der Waals surface area (Å²) in [6.07, 6.45) is 1.13. The summed E-state index contributed by atoms with van der Waals surface area (Å²) in [5.41, 5.74) is 6.56. The number of hydrogen-bond acceptors (Lipinski definition) is 2. The summed E-state index contributed by atoms with van der Waals surface area (Å²) in [6, 6.07) is 12.5. The molecule has 0 aliphatic heterocycles. The van der Waals surface area contributed by atoms with E-state index in [1.54, 1.807) is 0 Å². The van der Waals surface area contributed by atoms with Gasteiger partial charge < -0.3 is 10.3 Å². The molecule has 3 aromatic rings. The van der Waals surface area contributed by atoms with Crippen molar-refractivity contribution in [1.82, 2.24) is 15.3 Å². The molecule has 0 amide bonds. The van der Waals surface area contributed by atoms with Crippen molar-refractivity contribution in [3.8, 4) is 11.1 Å². The number of aromatic nitrogens is 2. The van der Waals surface area contributed by atoms with E-state index in [1.807, 2.05) is 18.2 Å². The second-order valence-electron chi connectivity index (χ2n) is 5.87. The molecule has 0 saturated heterocycles. The van der Waals surface area contributed by atoms with Gasteiger partial charge in [0.05, 0.1) is 11.0 Å². The molecule has 0 aliphatic carbocycles. The van der Waals surface area contributed by atoms with Gasteiger partial charge in [-0.05, 0) is 60.3 Å². The predicted molar refractivity (Wildman–Crippen MR) is 93.1 cm³/mol. The molecular weight excluding hydrogens is 289 g/mol. The molecule has 1 heterocycles. The zero-order valence-electron chi connectivity index (χ0n) is 13.6. The average Bonchev–Trinajstić information content (AvgIpc) is 2.99. The zero-order chi connectivity index (χ0) is 16.2. The molecule has 0 radical (unpaired) electrons. The highest BCUT2D eigenvalue weighted by atomic mass is 19.1. The van der Waals surface area contributed by atoms with Crippen LogP contribution in [-0.2, 0) is 13.2 Å².